The van der Waals surface area contributed by atoms with E-state index in [1.165, 1.54) is 0 Å². The summed E-state index contributed by atoms with van der Waals surface area (Å²) in [4.78, 5) is 9.30. The lowest BCUT2D eigenvalue weighted by Gasteiger charge is -2.27. The van der Waals surface area contributed by atoms with Gasteiger partial charge in [-0.1, -0.05) is 13.8 Å². The molecule has 1 atom stereocenters. The van der Waals surface area contributed by atoms with Gasteiger partial charge in [0, 0.05) is 11.0 Å². The standard InChI is InChI=1S/C16H22N4O2/c1-9-5-11(15-18-10(2)22-20-15)6-12(14(9)17)19-13-7-21-8-16(13,3)4/h5-6,13,19H,2,7-8,17H2,1,3-4H3,(H,18,20). The number of aliphatic imine (C=N–C) groups is 1. The zero-order chi connectivity index (χ0) is 15.9. The Morgan fingerprint density at radius 3 is 2.82 bits per heavy atom. The second-order valence-electron chi connectivity index (χ2n) is 6.51. The fourth-order valence-corrected chi connectivity index (χ4v) is 2.65. The monoisotopic (exact) mass is 302 g/mol. The van der Waals surface area contributed by atoms with Gasteiger partial charge in [0.1, 0.15) is 0 Å². The number of hydroxylamine groups is 1. The molecule has 6 nitrogen and oxygen atoms in total. The molecular weight excluding hydrogens is 280 g/mol. The van der Waals surface area contributed by atoms with Gasteiger partial charge in [-0.2, -0.15) is 4.99 Å². The normalized spacial score (nSPS) is 23.0. The average molecular weight is 302 g/mol. The number of nitrogens with one attached hydrogen (secondary N) is 2. The third-order valence-corrected chi connectivity index (χ3v) is 4.19. The lowest BCUT2D eigenvalue weighted by molar-refractivity contribution is 0.167. The smallest absolute Gasteiger partial charge is 0.240 e. The van der Waals surface area contributed by atoms with Gasteiger partial charge in [-0.25, -0.2) is 5.48 Å². The molecule has 1 aromatic carbocycles. The number of nitrogen functional groups attached to an aromatic ring is 1. The summed E-state index contributed by atoms with van der Waals surface area (Å²) in [6.45, 7) is 11.4. The number of hydrogen-bond donors (Lipinski definition) is 3. The molecule has 1 saturated heterocycles. The van der Waals surface area contributed by atoms with Crippen LogP contribution in [0.15, 0.2) is 29.6 Å². The predicted octanol–water partition coefficient (Wildman–Crippen LogP) is 2.17. The van der Waals surface area contributed by atoms with Crippen LogP contribution in [0.2, 0.25) is 0 Å². The molecule has 0 spiro atoms. The number of nitrogens with two attached hydrogens (primary N) is 1. The number of benzene rings is 1. The van der Waals surface area contributed by atoms with E-state index in [0.717, 1.165) is 29.1 Å². The van der Waals surface area contributed by atoms with E-state index >= 15 is 0 Å². The topological polar surface area (TPSA) is 80.9 Å². The molecule has 0 radical (unpaired) electrons. The van der Waals surface area contributed by atoms with Gasteiger partial charge in [0.25, 0.3) is 0 Å². The van der Waals surface area contributed by atoms with E-state index in [2.05, 4.69) is 36.2 Å². The molecule has 0 aliphatic carbocycles. The highest BCUT2D eigenvalue weighted by Gasteiger charge is 2.36. The molecule has 1 aromatic rings. The Hall–Kier alpha value is -2.21. The van der Waals surface area contributed by atoms with Crippen LogP contribution in [0.1, 0.15) is 25.0 Å². The third kappa shape index (κ3) is 2.62. The Morgan fingerprint density at radius 1 is 1.45 bits per heavy atom. The van der Waals surface area contributed by atoms with E-state index in [9.17, 15) is 0 Å². The summed E-state index contributed by atoms with van der Waals surface area (Å²) >= 11 is 0. The van der Waals surface area contributed by atoms with Gasteiger partial charge in [0.05, 0.1) is 30.6 Å². The van der Waals surface area contributed by atoms with Crippen LogP contribution in [0.5, 0.6) is 0 Å². The molecule has 0 amide bonds. The van der Waals surface area contributed by atoms with Crippen molar-refractivity contribution in [1.82, 2.24) is 5.48 Å². The van der Waals surface area contributed by atoms with Crippen molar-refractivity contribution >= 4 is 17.2 Å². The maximum atomic E-state index is 6.23. The molecule has 3 rings (SSSR count). The molecule has 2 aliphatic heterocycles. The first kappa shape index (κ1) is 14.7. The Balaban J connectivity index is 1.92. The maximum absolute atomic E-state index is 6.23. The van der Waals surface area contributed by atoms with E-state index < -0.39 is 0 Å². The van der Waals surface area contributed by atoms with Gasteiger partial charge < -0.3 is 20.6 Å². The number of nitrogens with zero attached hydrogens (tertiary/aromatic N) is 1. The lowest BCUT2D eigenvalue weighted by atomic mass is 9.87. The summed E-state index contributed by atoms with van der Waals surface area (Å²) in [6, 6.07) is 4.17. The van der Waals surface area contributed by atoms with Crippen molar-refractivity contribution < 1.29 is 9.57 Å². The molecule has 0 bridgehead atoms. The van der Waals surface area contributed by atoms with Crippen LogP contribution in [0.3, 0.4) is 0 Å². The second kappa shape index (κ2) is 5.21. The van der Waals surface area contributed by atoms with Crippen LogP contribution in [0.25, 0.3) is 0 Å². The summed E-state index contributed by atoms with van der Waals surface area (Å²) in [5.41, 5.74) is 12.6. The summed E-state index contributed by atoms with van der Waals surface area (Å²) in [5.74, 6) is 0.988. The number of rotatable bonds is 3. The average Bonchev–Trinajstić information content (AvgIpc) is 3.01. The van der Waals surface area contributed by atoms with Gasteiger partial charge in [0.2, 0.25) is 5.88 Å². The molecule has 22 heavy (non-hydrogen) atoms. The highest BCUT2D eigenvalue weighted by molar-refractivity contribution is 6.01. The van der Waals surface area contributed by atoms with Gasteiger partial charge in [-0.15, -0.1) is 0 Å². The Morgan fingerprint density at radius 2 is 2.23 bits per heavy atom. The zero-order valence-corrected chi connectivity index (χ0v) is 13.2. The number of anilines is 2. The fraction of sp³-hybridized carbons (Fsp3) is 0.438. The van der Waals surface area contributed by atoms with Crippen molar-refractivity contribution in [3.63, 3.8) is 0 Å². The minimum Gasteiger partial charge on any atom is -0.397 e. The summed E-state index contributed by atoms with van der Waals surface area (Å²) in [7, 11) is 0. The van der Waals surface area contributed by atoms with Crippen molar-refractivity contribution in [2.45, 2.75) is 26.8 Å². The van der Waals surface area contributed by atoms with Crippen molar-refractivity contribution in [2.24, 2.45) is 10.4 Å². The molecule has 0 aromatic heterocycles. The van der Waals surface area contributed by atoms with Crippen LogP contribution in [-0.2, 0) is 9.57 Å². The molecule has 1 unspecified atom stereocenters. The van der Waals surface area contributed by atoms with Crippen molar-refractivity contribution in [2.75, 3.05) is 24.3 Å². The molecule has 1 fully saturated rings. The van der Waals surface area contributed by atoms with Gasteiger partial charge >= 0.3 is 0 Å². The fourth-order valence-electron chi connectivity index (χ4n) is 2.65. The van der Waals surface area contributed by atoms with Gasteiger partial charge in [0.15, 0.2) is 5.84 Å². The first-order valence-corrected chi connectivity index (χ1v) is 7.32. The molecule has 2 heterocycles. The van der Waals surface area contributed by atoms with E-state index in [0.29, 0.717) is 18.3 Å². The minimum atomic E-state index is 0.0663. The number of amidine groups is 1. The highest BCUT2D eigenvalue weighted by atomic mass is 16.7. The van der Waals surface area contributed by atoms with Crippen LogP contribution < -0.4 is 16.5 Å². The molecule has 6 heteroatoms. The van der Waals surface area contributed by atoms with E-state index in [1.54, 1.807) is 0 Å². The van der Waals surface area contributed by atoms with Crippen LogP contribution in [-0.4, -0.2) is 25.1 Å². The van der Waals surface area contributed by atoms with Gasteiger partial charge in [-0.05, 0) is 31.2 Å². The van der Waals surface area contributed by atoms with Crippen LogP contribution in [0, 0.1) is 12.3 Å². The van der Waals surface area contributed by atoms with Crippen LogP contribution >= 0.6 is 0 Å². The minimum absolute atomic E-state index is 0.0663. The molecule has 4 N–H and O–H groups in total. The first-order valence-electron chi connectivity index (χ1n) is 7.32. The van der Waals surface area contributed by atoms with Crippen molar-refractivity contribution in [3.05, 3.63) is 35.7 Å². The quantitative estimate of drug-likeness (QED) is 0.746. The van der Waals surface area contributed by atoms with Crippen LogP contribution in [0.4, 0.5) is 11.4 Å². The second-order valence-corrected chi connectivity index (χ2v) is 6.51. The Labute approximate surface area is 130 Å². The number of hydrogen-bond acceptors (Lipinski definition) is 6. The zero-order valence-electron chi connectivity index (χ0n) is 13.2. The SMILES string of the molecule is C=C1N=C(c2cc(C)c(N)c(NC3COCC3(C)C)c2)NO1. The maximum Gasteiger partial charge on any atom is 0.240 e. The van der Waals surface area contributed by atoms with Crippen molar-refractivity contribution in [1.29, 1.82) is 0 Å². The number of ether oxygens (including phenoxy) is 1. The van der Waals surface area contributed by atoms with E-state index in [1.807, 2.05) is 19.1 Å². The summed E-state index contributed by atoms with van der Waals surface area (Å²) in [6.07, 6.45) is 0. The predicted molar refractivity (Wildman–Crippen MR) is 87.5 cm³/mol. The Kier molecular flexibility index (Phi) is 3.48. The summed E-state index contributed by atoms with van der Waals surface area (Å²) in [5, 5.41) is 3.52. The number of aryl methyl sites for hydroxylation is 1. The Bertz CT molecular complexity index is 652. The summed E-state index contributed by atoms with van der Waals surface area (Å²) < 4.78 is 5.59. The molecule has 118 valence electrons. The highest BCUT2D eigenvalue weighted by Crippen LogP contribution is 2.33. The largest absolute Gasteiger partial charge is 0.397 e. The molecular formula is C16H22N4O2. The van der Waals surface area contributed by atoms with Crippen molar-refractivity contribution in [3.8, 4) is 0 Å². The van der Waals surface area contributed by atoms with E-state index in [-0.39, 0.29) is 11.5 Å². The van der Waals surface area contributed by atoms with Gasteiger partial charge in [-0.3, -0.25) is 0 Å². The molecule has 0 saturated carbocycles. The first-order chi connectivity index (χ1) is 10.4. The third-order valence-electron chi connectivity index (χ3n) is 4.19. The van der Waals surface area contributed by atoms with E-state index in [4.69, 9.17) is 15.3 Å². The lowest BCUT2D eigenvalue weighted by Crippen LogP contribution is -2.35. The molecule has 2 aliphatic rings.